The van der Waals surface area contributed by atoms with Gasteiger partial charge in [0.05, 0.1) is 7.11 Å². The number of ether oxygens (including phenoxy) is 2. The molecule has 0 fully saturated rings. The summed E-state index contributed by atoms with van der Waals surface area (Å²) in [6, 6.07) is 0. The van der Waals surface area contributed by atoms with Crippen LogP contribution in [0.4, 0.5) is 0 Å². The Balaban J connectivity index is 3.68. The molecule has 1 atom stereocenters. The van der Waals surface area contributed by atoms with Gasteiger partial charge in [-0.2, -0.15) is 0 Å². The van der Waals surface area contributed by atoms with E-state index in [2.05, 4.69) is 0 Å². The van der Waals surface area contributed by atoms with Crippen LogP contribution in [0.25, 0.3) is 0 Å². The van der Waals surface area contributed by atoms with Crippen LogP contribution in [0.2, 0.25) is 0 Å². The summed E-state index contributed by atoms with van der Waals surface area (Å²) in [6.45, 7) is 4.50. The summed E-state index contributed by atoms with van der Waals surface area (Å²) in [4.78, 5) is 0. The summed E-state index contributed by atoms with van der Waals surface area (Å²) in [6.07, 6.45) is 0.635. The summed E-state index contributed by atoms with van der Waals surface area (Å²) in [5.74, 6) is 0.212. The summed E-state index contributed by atoms with van der Waals surface area (Å²) in [7, 11) is 1.49. The van der Waals surface area contributed by atoms with Crippen LogP contribution in [0.15, 0.2) is 0 Å². The van der Waals surface area contributed by atoms with Gasteiger partial charge in [0.2, 0.25) is 5.90 Å². The van der Waals surface area contributed by atoms with Gasteiger partial charge in [-0.1, -0.05) is 6.92 Å². The van der Waals surface area contributed by atoms with Crippen molar-refractivity contribution in [2.45, 2.75) is 26.4 Å². The molecule has 0 aromatic carbocycles. The molecule has 0 heterocycles. The fourth-order valence-electron chi connectivity index (χ4n) is 0.712. The van der Waals surface area contributed by atoms with Gasteiger partial charge in [-0.05, 0) is 13.3 Å². The normalized spacial score (nSPS) is 12.7. The van der Waals surface area contributed by atoms with Crippen molar-refractivity contribution < 1.29 is 9.47 Å². The lowest BCUT2D eigenvalue weighted by Crippen LogP contribution is -2.23. The lowest BCUT2D eigenvalue weighted by molar-refractivity contribution is 0.0890. The molecule has 60 valence electrons. The van der Waals surface area contributed by atoms with Crippen molar-refractivity contribution in [1.29, 1.82) is 5.41 Å². The zero-order chi connectivity index (χ0) is 7.98. The molecule has 0 bridgehead atoms. The van der Waals surface area contributed by atoms with E-state index in [1.165, 1.54) is 7.11 Å². The Hall–Kier alpha value is -0.570. The first-order valence-corrected chi connectivity index (χ1v) is 3.50. The first-order valence-electron chi connectivity index (χ1n) is 3.50. The maximum atomic E-state index is 7.25. The second kappa shape index (κ2) is 5.23. The minimum atomic E-state index is -0.157. The van der Waals surface area contributed by atoms with E-state index in [0.29, 0.717) is 6.61 Å². The molecule has 0 saturated heterocycles. The lowest BCUT2D eigenvalue weighted by Gasteiger charge is -2.13. The molecule has 0 aliphatic rings. The highest BCUT2D eigenvalue weighted by atomic mass is 16.5. The molecule has 0 rings (SSSR count). The molecule has 3 heteroatoms. The third kappa shape index (κ3) is 2.82. The van der Waals surface area contributed by atoms with E-state index in [-0.39, 0.29) is 12.0 Å². The maximum Gasteiger partial charge on any atom is 0.210 e. The Kier molecular flexibility index (Phi) is 4.94. The van der Waals surface area contributed by atoms with Crippen molar-refractivity contribution in [3.8, 4) is 0 Å². The highest BCUT2D eigenvalue weighted by molar-refractivity contribution is 5.77. The van der Waals surface area contributed by atoms with Crippen LogP contribution in [-0.4, -0.2) is 25.7 Å². The molecular formula is C7H15NO2. The van der Waals surface area contributed by atoms with E-state index in [9.17, 15) is 0 Å². The van der Waals surface area contributed by atoms with Crippen molar-refractivity contribution in [3.63, 3.8) is 0 Å². The van der Waals surface area contributed by atoms with E-state index in [1.807, 2.05) is 13.8 Å². The molecule has 0 amide bonds. The van der Waals surface area contributed by atoms with Crippen molar-refractivity contribution in [3.05, 3.63) is 0 Å². The number of rotatable bonds is 4. The molecule has 0 aliphatic carbocycles. The molecule has 3 nitrogen and oxygen atoms in total. The molecular weight excluding hydrogens is 130 g/mol. The Morgan fingerprint density at radius 2 is 2.10 bits per heavy atom. The molecule has 0 saturated carbocycles. The van der Waals surface area contributed by atoms with Gasteiger partial charge >= 0.3 is 0 Å². The molecule has 0 aromatic rings. The van der Waals surface area contributed by atoms with Gasteiger partial charge in [-0.25, -0.2) is 0 Å². The first kappa shape index (κ1) is 9.43. The second-order valence-corrected chi connectivity index (χ2v) is 1.92. The summed E-state index contributed by atoms with van der Waals surface area (Å²) in [5.41, 5.74) is 0. The minimum Gasteiger partial charge on any atom is -0.483 e. The Bertz CT molecular complexity index is 104. The van der Waals surface area contributed by atoms with Crippen LogP contribution in [-0.2, 0) is 9.47 Å². The lowest BCUT2D eigenvalue weighted by atomic mass is 10.3. The van der Waals surface area contributed by atoms with Crippen LogP contribution in [0.5, 0.6) is 0 Å². The van der Waals surface area contributed by atoms with Crippen molar-refractivity contribution in [2.24, 2.45) is 0 Å². The number of hydrogen-bond donors (Lipinski definition) is 1. The van der Waals surface area contributed by atoms with Crippen LogP contribution >= 0.6 is 0 Å². The number of hydrogen-bond acceptors (Lipinski definition) is 3. The average Bonchev–Trinajstić information content (AvgIpc) is 1.99. The van der Waals surface area contributed by atoms with Crippen molar-refractivity contribution in [1.82, 2.24) is 0 Å². The van der Waals surface area contributed by atoms with Gasteiger partial charge in [-0.15, -0.1) is 0 Å². The third-order valence-corrected chi connectivity index (χ3v) is 1.25. The molecule has 0 spiro atoms. The van der Waals surface area contributed by atoms with Crippen LogP contribution in [0.1, 0.15) is 20.3 Å². The highest BCUT2D eigenvalue weighted by Gasteiger charge is 2.11. The third-order valence-electron chi connectivity index (χ3n) is 1.25. The first-order chi connectivity index (χ1) is 4.76. The van der Waals surface area contributed by atoms with Gasteiger partial charge in [0, 0.05) is 6.61 Å². The van der Waals surface area contributed by atoms with Crippen molar-refractivity contribution >= 4 is 5.90 Å². The topological polar surface area (TPSA) is 42.3 Å². The van der Waals surface area contributed by atoms with Gasteiger partial charge in [0.1, 0.15) is 6.10 Å². The zero-order valence-electron chi connectivity index (χ0n) is 6.81. The standard InChI is InChI=1S/C7H15NO2/c1-4-6(10-5-2)7(8)9-3/h6,8H,4-5H2,1-3H3. The average molecular weight is 145 g/mol. The van der Waals surface area contributed by atoms with Gasteiger partial charge in [0.15, 0.2) is 0 Å². The predicted octanol–water partition coefficient (Wildman–Crippen LogP) is 1.43. The fourth-order valence-corrected chi connectivity index (χ4v) is 0.712. The monoisotopic (exact) mass is 145 g/mol. The zero-order valence-corrected chi connectivity index (χ0v) is 6.81. The molecule has 0 aliphatic heterocycles. The Morgan fingerprint density at radius 1 is 1.50 bits per heavy atom. The molecule has 10 heavy (non-hydrogen) atoms. The molecule has 0 radical (unpaired) electrons. The second-order valence-electron chi connectivity index (χ2n) is 1.92. The van der Waals surface area contributed by atoms with Crippen LogP contribution in [0, 0.1) is 5.41 Å². The summed E-state index contributed by atoms with van der Waals surface area (Å²) >= 11 is 0. The summed E-state index contributed by atoms with van der Waals surface area (Å²) in [5, 5.41) is 7.25. The largest absolute Gasteiger partial charge is 0.483 e. The molecule has 1 unspecified atom stereocenters. The fraction of sp³-hybridized carbons (Fsp3) is 0.857. The molecule has 1 N–H and O–H groups in total. The quantitative estimate of drug-likeness (QED) is 0.480. The number of nitrogens with one attached hydrogen (secondary N) is 1. The SMILES string of the molecule is CCOC(CC)C(=N)OC. The predicted molar refractivity (Wildman–Crippen MR) is 40.4 cm³/mol. The Morgan fingerprint density at radius 3 is 2.40 bits per heavy atom. The highest BCUT2D eigenvalue weighted by Crippen LogP contribution is 1.99. The minimum absolute atomic E-state index is 0.157. The summed E-state index contributed by atoms with van der Waals surface area (Å²) < 4.78 is 9.91. The Labute approximate surface area is 61.8 Å². The van der Waals surface area contributed by atoms with E-state index in [0.717, 1.165) is 6.42 Å². The van der Waals surface area contributed by atoms with Gasteiger partial charge in [-0.3, -0.25) is 5.41 Å². The van der Waals surface area contributed by atoms with E-state index in [4.69, 9.17) is 14.9 Å². The van der Waals surface area contributed by atoms with E-state index >= 15 is 0 Å². The van der Waals surface area contributed by atoms with E-state index in [1.54, 1.807) is 0 Å². The number of methoxy groups -OCH3 is 1. The van der Waals surface area contributed by atoms with Gasteiger partial charge in [0.25, 0.3) is 0 Å². The van der Waals surface area contributed by atoms with Crippen LogP contribution < -0.4 is 0 Å². The van der Waals surface area contributed by atoms with Crippen molar-refractivity contribution in [2.75, 3.05) is 13.7 Å². The smallest absolute Gasteiger partial charge is 0.210 e. The van der Waals surface area contributed by atoms with E-state index < -0.39 is 0 Å². The molecule has 0 aromatic heterocycles. The van der Waals surface area contributed by atoms with Gasteiger partial charge < -0.3 is 9.47 Å². The maximum absolute atomic E-state index is 7.25. The van der Waals surface area contributed by atoms with Crippen LogP contribution in [0.3, 0.4) is 0 Å².